The number of hydrogen-bond acceptors (Lipinski definition) is 6. The van der Waals surface area contributed by atoms with E-state index in [1.807, 2.05) is 0 Å². The lowest BCUT2D eigenvalue weighted by Gasteiger charge is -2.23. The molecule has 1 aromatic heterocycles. The second-order valence-corrected chi connectivity index (χ2v) is 6.47. The maximum atomic E-state index is 11.2. The van der Waals surface area contributed by atoms with E-state index < -0.39 is 15.8 Å². The lowest BCUT2D eigenvalue weighted by Crippen LogP contribution is -2.32. The van der Waals surface area contributed by atoms with Crippen molar-refractivity contribution in [3.63, 3.8) is 0 Å². The van der Waals surface area contributed by atoms with Crippen LogP contribution in [0.15, 0.2) is 12.4 Å². The zero-order valence-electron chi connectivity index (χ0n) is 9.54. The van der Waals surface area contributed by atoms with Crippen molar-refractivity contribution in [3.05, 3.63) is 18.1 Å². The first kappa shape index (κ1) is 12.7. The van der Waals surface area contributed by atoms with Crippen LogP contribution in [0.5, 0.6) is 0 Å². The van der Waals surface area contributed by atoms with Crippen molar-refractivity contribution in [1.82, 2.24) is 9.97 Å². The molecule has 1 aromatic rings. The number of hydrogen-bond donors (Lipinski definition) is 2. The van der Waals surface area contributed by atoms with E-state index in [-0.39, 0.29) is 23.2 Å². The predicted octanol–water partition coefficient (Wildman–Crippen LogP) is 0.164. The first-order valence-electron chi connectivity index (χ1n) is 5.48. The minimum atomic E-state index is -2.88. The summed E-state index contributed by atoms with van der Waals surface area (Å²) in [6.07, 6.45) is 3.58. The number of aromatic nitrogens is 2. The summed E-state index contributed by atoms with van der Waals surface area (Å²) in [5.41, 5.74) is -0.119. The van der Waals surface area contributed by atoms with E-state index in [9.17, 15) is 13.2 Å². The van der Waals surface area contributed by atoms with Crippen molar-refractivity contribution in [1.29, 1.82) is 0 Å². The van der Waals surface area contributed by atoms with Crippen LogP contribution in [0, 0.1) is 0 Å². The van der Waals surface area contributed by atoms with E-state index in [0.717, 1.165) is 0 Å². The van der Waals surface area contributed by atoms with E-state index in [1.54, 1.807) is 0 Å². The first-order valence-corrected chi connectivity index (χ1v) is 7.31. The summed E-state index contributed by atoms with van der Waals surface area (Å²) in [4.78, 5) is 18.2. The van der Waals surface area contributed by atoms with Gasteiger partial charge in [-0.05, 0) is 12.8 Å². The van der Waals surface area contributed by atoms with Gasteiger partial charge in [-0.25, -0.2) is 23.2 Å². The number of sulfone groups is 1. The monoisotopic (exact) mass is 271 g/mol. The molecule has 0 atom stereocenters. The number of nitrogens with one attached hydrogen (secondary N) is 1. The van der Waals surface area contributed by atoms with Gasteiger partial charge in [-0.3, -0.25) is 0 Å². The molecule has 2 heterocycles. The van der Waals surface area contributed by atoms with Crippen LogP contribution in [0.25, 0.3) is 0 Å². The van der Waals surface area contributed by atoms with E-state index in [0.29, 0.717) is 18.7 Å². The fourth-order valence-corrected chi connectivity index (χ4v) is 3.25. The highest BCUT2D eigenvalue weighted by atomic mass is 32.2. The third kappa shape index (κ3) is 3.16. The Balaban J connectivity index is 1.96. The van der Waals surface area contributed by atoms with Crippen LogP contribution >= 0.6 is 0 Å². The number of nitrogens with zero attached hydrogens (tertiary/aromatic N) is 2. The minimum Gasteiger partial charge on any atom is -0.476 e. The quantitative estimate of drug-likeness (QED) is 0.806. The van der Waals surface area contributed by atoms with Crippen LogP contribution in [-0.4, -0.2) is 47.0 Å². The van der Waals surface area contributed by atoms with Gasteiger partial charge in [0.05, 0.1) is 23.9 Å². The molecule has 0 saturated carbocycles. The molecule has 0 amide bonds. The van der Waals surface area contributed by atoms with Gasteiger partial charge >= 0.3 is 5.97 Å². The second-order valence-electron chi connectivity index (χ2n) is 4.16. The highest BCUT2D eigenvalue weighted by Gasteiger charge is 2.23. The van der Waals surface area contributed by atoms with Crippen molar-refractivity contribution >= 4 is 21.6 Å². The molecule has 1 aliphatic rings. The van der Waals surface area contributed by atoms with Crippen molar-refractivity contribution in [2.75, 3.05) is 16.8 Å². The lowest BCUT2D eigenvalue weighted by molar-refractivity contribution is 0.0690. The molecule has 2 N–H and O–H groups in total. The van der Waals surface area contributed by atoms with Crippen LogP contribution in [-0.2, 0) is 9.84 Å². The first-order chi connectivity index (χ1) is 8.46. The lowest BCUT2D eigenvalue weighted by atomic mass is 10.1. The Morgan fingerprint density at radius 3 is 2.44 bits per heavy atom. The van der Waals surface area contributed by atoms with Gasteiger partial charge in [-0.15, -0.1) is 0 Å². The zero-order chi connectivity index (χ0) is 13.2. The third-order valence-electron chi connectivity index (χ3n) is 2.78. The molecule has 0 radical (unpaired) electrons. The molecule has 2 rings (SSSR count). The van der Waals surface area contributed by atoms with E-state index in [4.69, 9.17) is 5.11 Å². The molecule has 1 aliphatic heterocycles. The molecule has 0 aromatic carbocycles. The summed E-state index contributed by atoms with van der Waals surface area (Å²) in [6.45, 7) is 0. The van der Waals surface area contributed by atoms with Crippen LogP contribution in [0.1, 0.15) is 23.3 Å². The molecule has 1 fully saturated rings. The van der Waals surface area contributed by atoms with E-state index >= 15 is 0 Å². The SMILES string of the molecule is O=C(O)c1cnc(NC2CCS(=O)(=O)CC2)cn1. The average Bonchev–Trinajstić information content (AvgIpc) is 2.33. The molecule has 0 unspecified atom stereocenters. The molecule has 98 valence electrons. The van der Waals surface area contributed by atoms with Crippen molar-refractivity contribution in [3.8, 4) is 0 Å². The Bertz CT molecular complexity index is 527. The number of rotatable bonds is 3. The second kappa shape index (κ2) is 4.89. The fourth-order valence-electron chi connectivity index (χ4n) is 1.76. The van der Waals surface area contributed by atoms with Gasteiger partial charge in [0.1, 0.15) is 15.7 Å². The number of anilines is 1. The maximum absolute atomic E-state index is 11.2. The molecular weight excluding hydrogens is 258 g/mol. The van der Waals surface area contributed by atoms with Gasteiger partial charge in [-0.2, -0.15) is 0 Å². The van der Waals surface area contributed by atoms with E-state index in [1.165, 1.54) is 12.4 Å². The Labute approximate surface area is 104 Å². The highest BCUT2D eigenvalue weighted by Crippen LogP contribution is 2.16. The maximum Gasteiger partial charge on any atom is 0.356 e. The number of carboxylic acid groups (broad SMARTS) is 1. The molecule has 1 saturated heterocycles. The van der Waals surface area contributed by atoms with Crippen molar-refractivity contribution < 1.29 is 18.3 Å². The minimum absolute atomic E-state index is 0.0403. The summed E-state index contributed by atoms with van der Waals surface area (Å²) in [5, 5.41) is 11.7. The molecule has 0 spiro atoms. The Morgan fingerprint density at radius 1 is 1.28 bits per heavy atom. The molecule has 0 aliphatic carbocycles. The van der Waals surface area contributed by atoms with Gasteiger partial charge in [0, 0.05) is 6.04 Å². The van der Waals surface area contributed by atoms with Crippen LogP contribution in [0.2, 0.25) is 0 Å². The largest absolute Gasteiger partial charge is 0.476 e. The predicted molar refractivity (Wildman–Crippen MR) is 64.3 cm³/mol. The summed E-state index contributed by atoms with van der Waals surface area (Å²) >= 11 is 0. The van der Waals surface area contributed by atoms with Gasteiger partial charge in [0.2, 0.25) is 0 Å². The smallest absolute Gasteiger partial charge is 0.356 e. The van der Waals surface area contributed by atoms with Crippen LogP contribution in [0.4, 0.5) is 5.82 Å². The molecule has 8 heteroatoms. The summed E-state index contributed by atoms with van der Waals surface area (Å²) in [6, 6.07) is 0.0403. The van der Waals surface area contributed by atoms with Gasteiger partial charge < -0.3 is 10.4 Å². The standard InChI is InChI=1S/C10H13N3O4S/c14-10(15)8-5-12-9(6-11-8)13-7-1-3-18(16,17)4-2-7/h5-7H,1-4H2,(H,12,13)(H,14,15). The highest BCUT2D eigenvalue weighted by molar-refractivity contribution is 7.91. The number of carbonyl (C=O) groups is 1. The van der Waals surface area contributed by atoms with Gasteiger partial charge in [0.15, 0.2) is 5.69 Å². The number of aromatic carboxylic acids is 1. The Kier molecular flexibility index (Phi) is 3.46. The summed E-state index contributed by atoms with van der Waals surface area (Å²) in [5.74, 6) is -0.321. The van der Waals surface area contributed by atoms with E-state index in [2.05, 4.69) is 15.3 Å². The Hall–Kier alpha value is -1.70. The normalized spacial score (nSPS) is 19.3. The fraction of sp³-hybridized carbons (Fsp3) is 0.500. The Morgan fingerprint density at radius 2 is 1.94 bits per heavy atom. The topological polar surface area (TPSA) is 109 Å². The summed E-state index contributed by atoms with van der Waals surface area (Å²) < 4.78 is 22.5. The third-order valence-corrected chi connectivity index (χ3v) is 4.49. The van der Waals surface area contributed by atoms with Crippen LogP contribution in [0.3, 0.4) is 0 Å². The van der Waals surface area contributed by atoms with Crippen molar-refractivity contribution in [2.45, 2.75) is 18.9 Å². The van der Waals surface area contributed by atoms with Gasteiger partial charge in [-0.1, -0.05) is 0 Å². The molecule has 7 nitrogen and oxygen atoms in total. The molecular formula is C10H13N3O4S. The summed E-state index contributed by atoms with van der Waals surface area (Å²) in [7, 11) is -2.88. The zero-order valence-corrected chi connectivity index (χ0v) is 10.4. The van der Waals surface area contributed by atoms with Gasteiger partial charge in [0.25, 0.3) is 0 Å². The number of carboxylic acids is 1. The van der Waals surface area contributed by atoms with Crippen LogP contribution < -0.4 is 5.32 Å². The average molecular weight is 271 g/mol. The van der Waals surface area contributed by atoms with Crippen molar-refractivity contribution in [2.24, 2.45) is 0 Å². The molecule has 18 heavy (non-hydrogen) atoms. The molecule has 0 bridgehead atoms.